The Labute approximate surface area is 318 Å². The maximum Gasteiger partial charge on any atom is 0.246 e. The molecule has 0 aliphatic rings. The van der Waals surface area contributed by atoms with E-state index in [1.165, 1.54) is 0 Å². The summed E-state index contributed by atoms with van der Waals surface area (Å²) in [6, 6.07) is -0.668. The topological polar surface area (TPSA) is 220 Å². The smallest absolute Gasteiger partial charge is 0.246 e. The molecular weight excluding hydrogens is 692 g/mol. The quantitative estimate of drug-likeness (QED) is 0.0898. The number of amides is 3. The second-order valence-electron chi connectivity index (χ2n) is 13.5. The predicted octanol–water partition coefficient (Wildman–Crippen LogP) is 2.06. The number of carbonyl (C=O) groups excluding carboxylic acids is 6. The van der Waals surface area contributed by atoms with Crippen molar-refractivity contribution in [1.29, 1.82) is 0 Å². The molecule has 1 atom stereocenters. The highest BCUT2D eigenvalue weighted by Crippen LogP contribution is 1.97. The van der Waals surface area contributed by atoms with E-state index in [0.29, 0.717) is 32.7 Å². The summed E-state index contributed by atoms with van der Waals surface area (Å²) in [7, 11) is 0. The molecule has 0 saturated carbocycles. The number of nitrogens with one attached hydrogen (secondary N) is 3. The van der Waals surface area contributed by atoms with Crippen molar-refractivity contribution in [3.05, 3.63) is 0 Å². The summed E-state index contributed by atoms with van der Waals surface area (Å²) in [4.78, 5) is 68.4. The summed E-state index contributed by atoms with van der Waals surface area (Å²) in [6.45, 7) is 23.7. The molecule has 16 nitrogen and oxygen atoms in total. The van der Waals surface area contributed by atoms with Gasteiger partial charge in [-0.05, 0) is 83.1 Å². The fourth-order valence-corrected chi connectivity index (χ4v) is 3.29. The van der Waals surface area contributed by atoms with Gasteiger partial charge in [-0.25, -0.2) is 0 Å². The minimum atomic E-state index is -0.668. The van der Waals surface area contributed by atoms with Gasteiger partial charge in [0.2, 0.25) is 17.7 Å². The summed E-state index contributed by atoms with van der Waals surface area (Å²) < 4.78 is 31.1. The van der Waals surface area contributed by atoms with E-state index in [9.17, 15) is 28.8 Å². The Morgan fingerprint density at radius 3 is 1.06 bits per heavy atom. The molecule has 0 aliphatic carbocycles. The number of ether oxygens (including phenoxy) is 6. The Hall–Kier alpha value is -2.86. The van der Waals surface area contributed by atoms with Crippen molar-refractivity contribution in [2.75, 3.05) is 59.3 Å². The summed E-state index contributed by atoms with van der Waals surface area (Å²) in [5.74, 6) is -1.07. The van der Waals surface area contributed by atoms with E-state index < -0.39 is 6.04 Å². The summed E-state index contributed by atoms with van der Waals surface area (Å²) >= 11 is 0. The van der Waals surface area contributed by atoms with Gasteiger partial charge in [0.15, 0.2) is 17.3 Å². The van der Waals surface area contributed by atoms with Crippen molar-refractivity contribution in [2.24, 2.45) is 5.73 Å². The highest BCUT2D eigenvalue weighted by atomic mass is 16.5. The standard InChI is InChI=1S/C13H26N2O4.2C12H23NO4/c1-9(2)18-6-5-12(16)11(7-14)15-13(17)8-19-10(3)4;2*1-9(2)16-6-5-11(14)7-13-12(15)8-17-10(3)4/h9-11H,5-8,14H2,1-4H3,(H,15,17);2*9-10H,5-8H2,1-4H3,(H,13,15). The molecule has 0 aromatic rings. The van der Waals surface area contributed by atoms with Crippen molar-refractivity contribution in [1.82, 2.24) is 16.0 Å². The Bertz CT molecular complexity index is 954. The summed E-state index contributed by atoms with van der Waals surface area (Å²) in [5, 5.41) is 7.58. The molecule has 0 heterocycles. The molecule has 0 aromatic heterocycles. The zero-order chi connectivity index (χ0) is 41.4. The first-order chi connectivity index (χ1) is 24.7. The Morgan fingerprint density at radius 2 is 0.755 bits per heavy atom. The van der Waals surface area contributed by atoms with Crippen LogP contribution in [0.5, 0.6) is 0 Å². The van der Waals surface area contributed by atoms with Crippen LogP contribution in [0.15, 0.2) is 0 Å². The van der Waals surface area contributed by atoms with Crippen molar-refractivity contribution < 1.29 is 57.2 Å². The lowest BCUT2D eigenvalue weighted by Crippen LogP contribution is -2.47. The second kappa shape index (κ2) is 34.9. The Kier molecular flexibility index (Phi) is 35.9. The third-order valence-electron chi connectivity index (χ3n) is 6.03. The van der Waals surface area contributed by atoms with Gasteiger partial charge in [-0.3, -0.25) is 28.8 Å². The molecule has 0 aromatic carbocycles. The maximum atomic E-state index is 11.8. The van der Waals surface area contributed by atoms with Crippen LogP contribution in [0.25, 0.3) is 0 Å². The van der Waals surface area contributed by atoms with E-state index in [1.54, 1.807) is 0 Å². The normalized spacial score (nSPS) is 11.6. The number of hydrogen-bond donors (Lipinski definition) is 4. The number of nitrogens with two attached hydrogens (primary N) is 1. The highest BCUT2D eigenvalue weighted by molar-refractivity contribution is 5.89. The van der Waals surface area contributed by atoms with Gasteiger partial charge in [-0.2, -0.15) is 0 Å². The van der Waals surface area contributed by atoms with Crippen LogP contribution in [0, 0.1) is 0 Å². The molecule has 0 saturated heterocycles. The van der Waals surface area contributed by atoms with Crippen molar-refractivity contribution in [3.63, 3.8) is 0 Å². The monoisotopic (exact) mass is 765 g/mol. The minimum absolute atomic E-state index is 0.00651. The first-order valence-electron chi connectivity index (χ1n) is 18.5. The van der Waals surface area contributed by atoms with Crippen LogP contribution in [-0.4, -0.2) is 137 Å². The SMILES string of the molecule is CC(C)OCCC(=O)C(CN)NC(=O)COC(C)C.CC(C)OCCC(=O)CNC(=O)COC(C)C.CC(C)OCCC(=O)CNC(=O)COC(C)C. The highest BCUT2D eigenvalue weighted by Gasteiger charge is 2.19. The molecule has 0 aliphatic heterocycles. The average molecular weight is 765 g/mol. The fourth-order valence-electron chi connectivity index (χ4n) is 3.29. The number of Topliss-reactive ketones (excluding diaryl/α,β-unsaturated/α-hetero) is 3. The van der Waals surface area contributed by atoms with E-state index in [4.69, 9.17) is 34.2 Å². The second-order valence-corrected chi connectivity index (χ2v) is 13.5. The Morgan fingerprint density at radius 1 is 0.453 bits per heavy atom. The fraction of sp³-hybridized carbons (Fsp3) is 0.838. The van der Waals surface area contributed by atoms with Gasteiger partial charge in [-0.15, -0.1) is 0 Å². The van der Waals surface area contributed by atoms with Gasteiger partial charge in [0, 0.05) is 25.8 Å². The molecule has 1 unspecified atom stereocenters. The van der Waals surface area contributed by atoms with Gasteiger partial charge in [0.25, 0.3) is 0 Å². The predicted molar refractivity (Wildman–Crippen MR) is 202 cm³/mol. The lowest BCUT2D eigenvalue weighted by Gasteiger charge is -2.17. The van der Waals surface area contributed by atoms with Crippen LogP contribution in [0.3, 0.4) is 0 Å². The van der Waals surface area contributed by atoms with E-state index in [-0.39, 0.29) is 118 Å². The summed E-state index contributed by atoms with van der Waals surface area (Å²) in [5.41, 5.74) is 5.49. The van der Waals surface area contributed by atoms with Crippen LogP contribution in [0.2, 0.25) is 0 Å². The number of hydrogen-bond acceptors (Lipinski definition) is 13. The molecule has 0 bridgehead atoms. The first kappa shape index (κ1) is 54.5. The van der Waals surface area contributed by atoms with Crippen LogP contribution < -0.4 is 21.7 Å². The minimum Gasteiger partial charge on any atom is -0.378 e. The van der Waals surface area contributed by atoms with Crippen LogP contribution in [0.4, 0.5) is 0 Å². The van der Waals surface area contributed by atoms with Gasteiger partial charge in [-0.1, -0.05) is 0 Å². The molecule has 312 valence electrons. The molecule has 0 radical (unpaired) electrons. The van der Waals surface area contributed by atoms with Gasteiger partial charge >= 0.3 is 0 Å². The molecule has 5 N–H and O–H groups in total. The van der Waals surface area contributed by atoms with E-state index in [1.807, 2.05) is 83.1 Å². The van der Waals surface area contributed by atoms with E-state index in [0.717, 1.165) is 0 Å². The molecular formula is C37H72N4O12. The van der Waals surface area contributed by atoms with Crippen LogP contribution in [0.1, 0.15) is 102 Å². The number of rotatable bonds is 28. The van der Waals surface area contributed by atoms with Crippen molar-refractivity contribution >= 4 is 35.1 Å². The van der Waals surface area contributed by atoms with Gasteiger partial charge in [0.05, 0.1) is 75.6 Å². The third kappa shape index (κ3) is 43.4. The molecule has 53 heavy (non-hydrogen) atoms. The third-order valence-corrected chi connectivity index (χ3v) is 6.03. The number of carbonyl (C=O) groups is 6. The van der Waals surface area contributed by atoms with E-state index in [2.05, 4.69) is 16.0 Å². The van der Waals surface area contributed by atoms with Crippen molar-refractivity contribution in [2.45, 2.75) is 145 Å². The molecule has 3 amide bonds. The van der Waals surface area contributed by atoms with Gasteiger partial charge in [0.1, 0.15) is 19.8 Å². The molecule has 0 fully saturated rings. The zero-order valence-electron chi connectivity index (χ0n) is 34.5. The first-order valence-corrected chi connectivity index (χ1v) is 18.5. The van der Waals surface area contributed by atoms with Gasteiger partial charge < -0.3 is 50.1 Å². The zero-order valence-corrected chi connectivity index (χ0v) is 34.5. The molecule has 16 heteroatoms. The van der Waals surface area contributed by atoms with Crippen LogP contribution >= 0.6 is 0 Å². The number of ketones is 3. The van der Waals surface area contributed by atoms with Crippen molar-refractivity contribution in [3.8, 4) is 0 Å². The largest absolute Gasteiger partial charge is 0.378 e. The Balaban J connectivity index is -0.000000709. The lowest BCUT2D eigenvalue weighted by atomic mass is 10.1. The molecule has 0 rings (SSSR count). The molecule has 0 spiro atoms. The average Bonchev–Trinajstić information content (AvgIpc) is 3.05. The lowest BCUT2D eigenvalue weighted by molar-refractivity contribution is -0.132. The van der Waals surface area contributed by atoms with E-state index >= 15 is 0 Å². The summed E-state index contributed by atoms with van der Waals surface area (Å²) in [6.07, 6.45) is 1.20. The van der Waals surface area contributed by atoms with Crippen LogP contribution in [-0.2, 0) is 57.2 Å². The maximum absolute atomic E-state index is 11.8.